The van der Waals surface area contributed by atoms with Crippen LogP contribution in [0.5, 0.6) is 0 Å². The van der Waals surface area contributed by atoms with Gasteiger partial charge in [0.25, 0.3) is 5.91 Å². The van der Waals surface area contributed by atoms with E-state index in [0.717, 1.165) is 16.7 Å². The second-order valence-electron chi connectivity index (χ2n) is 9.63. The van der Waals surface area contributed by atoms with Crippen LogP contribution in [0.15, 0.2) is 109 Å². The Morgan fingerprint density at radius 2 is 1.16 bits per heavy atom. The Hall–Kier alpha value is -5.41. The molecule has 1 aliphatic rings. The van der Waals surface area contributed by atoms with Crippen LogP contribution in [0.4, 0.5) is 0 Å². The summed E-state index contributed by atoms with van der Waals surface area (Å²) in [6.07, 6.45) is 2.04. The van der Waals surface area contributed by atoms with E-state index >= 15 is 0 Å². The minimum absolute atomic E-state index is 0.200. The van der Waals surface area contributed by atoms with Crippen LogP contribution >= 0.6 is 0 Å². The summed E-state index contributed by atoms with van der Waals surface area (Å²) in [5.41, 5.74) is 9.59. The van der Waals surface area contributed by atoms with Crippen molar-refractivity contribution in [1.82, 2.24) is 4.90 Å². The van der Waals surface area contributed by atoms with Gasteiger partial charge in [-0.15, -0.1) is 0 Å². The number of benzene rings is 4. The Bertz CT molecular complexity index is 1510. The van der Waals surface area contributed by atoms with E-state index < -0.39 is 24.0 Å². The average molecular weight is 581 g/mol. The normalized spacial score (nSPS) is 12.8. The molecular formula is C34H32N2O7. The SMILES string of the molecule is N[C@@H](Cc1ccccc1)C(=O)O.O=C(O)[C@H](Cc1ccccc1)N1Cc2ccccc2C1=O.O=Cc1ccccc1C=O. The molecule has 43 heavy (non-hydrogen) atoms. The predicted octanol–water partition coefficient (Wildman–Crippen LogP) is 4.29. The molecule has 0 spiro atoms. The number of carboxylic acid groups (broad SMARTS) is 2. The lowest BCUT2D eigenvalue weighted by molar-refractivity contribution is -0.142. The summed E-state index contributed by atoms with van der Waals surface area (Å²) in [7, 11) is 0. The van der Waals surface area contributed by atoms with Crippen molar-refractivity contribution in [2.45, 2.75) is 31.5 Å². The maximum absolute atomic E-state index is 12.4. The molecule has 0 radical (unpaired) electrons. The molecule has 0 saturated carbocycles. The molecule has 1 heterocycles. The van der Waals surface area contributed by atoms with Gasteiger partial charge in [-0.3, -0.25) is 19.2 Å². The van der Waals surface area contributed by atoms with Crippen LogP contribution in [0.25, 0.3) is 0 Å². The van der Waals surface area contributed by atoms with Crippen molar-refractivity contribution in [1.29, 1.82) is 0 Å². The van der Waals surface area contributed by atoms with Crippen LogP contribution in [0.2, 0.25) is 0 Å². The molecule has 5 rings (SSSR count). The number of hydrogen-bond donors (Lipinski definition) is 3. The Morgan fingerprint density at radius 1 is 0.698 bits per heavy atom. The van der Waals surface area contributed by atoms with E-state index in [9.17, 15) is 29.1 Å². The lowest BCUT2D eigenvalue weighted by atomic mass is 10.0. The van der Waals surface area contributed by atoms with Crippen LogP contribution < -0.4 is 5.73 Å². The highest BCUT2D eigenvalue weighted by atomic mass is 16.4. The molecule has 1 amide bonds. The molecule has 4 aromatic rings. The first-order chi connectivity index (χ1) is 20.7. The first-order valence-electron chi connectivity index (χ1n) is 13.4. The molecule has 0 fully saturated rings. The predicted molar refractivity (Wildman–Crippen MR) is 161 cm³/mol. The zero-order valence-electron chi connectivity index (χ0n) is 23.3. The lowest BCUT2D eigenvalue weighted by Crippen LogP contribution is -2.42. The zero-order valence-corrected chi connectivity index (χ0v) is 23.3. The van der Waals surface area contributed by atoms with Crippen molar-refractivity contribution in [3.63, 3.8) is 0 Å². The highest BCUT2D eigenvalue weighted by Crippen LogP contribution is 2.25. The van der Waals surface area contributed by atoms with Gasteiger partial charge in [0.05, 0.1) is 0 Å². The molecule has 1 aliphatic heterocycles. The second kappa shape index (κ2) is 16.1. The van der Waals surface area contributed by atoms with Gasteiger partial charge in [-0.25, -0.2) is 4.79 Å². The van der Waals surface area contributed by atoms with Crippen molar-refractivity contribution >= 4 is 30.4 Å². The standard InChI is InChI=1S/C17H15NO3.C9H11NO2.C8H6O2/c19-16-14-9-5-4-8-13(14)11-18(16)15(17(20)21)10-12-6-2-1-3-7-12;10-8(9(11)12)6-7-4-2-1-3-5-7;9-5-7-3-1-2-4-8(7)6-10/h1-9,15H,10-11H2,(H,20,21);1-5,8H,6,10H2,(H,11,12);1-6H/t15-;8-;/m00./s1. The number of carbonyl (C=O) groups is 5. The molecule has 9 heteroatoms. The van der Waals surface area contributed by atoms with Crippen molar-refractivity contribution in [3.8, 4) is 0 Å². The van der Waals surface area contributed by atoms with Gasteiger partial charge in [-0.05, 0) is 29.2 Å². The number of aliphatic carboxylic acids is 2. The van der Waals surface area contributed by atoms with E-state index in [-0.39, 0.29) is 5.91 Å². The van der Waals surface area contributed by atoms with E-state index in [0.29, 0.717) is 48.6 Å². The number of hydrogen-bond acceptors (Lipinski definition) is 6. The summed E-state index contributed by atoms with van der Waals surface area (Å²) < 4.78 is 0. The quantitative estimate of drug-likeness (QED) is 0.248. The highest BCUT2D eigenvalue weighted by Gasteiger charge is 2.36. The van der Waals surface area contributed by atoms with Crippen molar-refractivity contribution in [2.75, 3.05) is 0 Å². The molecule has 220 valence electrons. The first-order valence-corrected chi connectivity index (χ1v) is 13.4. The fourth-order valence-electron chi connectivity index (χ4n) is 4.38. The summed E-state index contributed by atoms with van der Waals surface area (Å²) >= 11 is 0. The van der Waals surface area contributed by atoms with Crippen LogP contribution in [0.1, 0.15) is 47.8 Å². The summed E-state index contributed by atoms with van der Waals surface area (Å²) in [5, 5.41) is 18.0. The number of nitrogens with zero attached hydrogens (tertiary/aromatic N) is 1. The Morgan fingerprint density at radius 3 is 1.63 bits per heavy atom. The number of amides is 1. The number of carboxylic acids is 2. The van der Waals surface area contributed by atoms with Gasteiger partial charge < -0.3 is 20.8 Å². The fourth-order valence-corrected chi connectivity index (χ4v) is 4.38. The number of fused-ring (bicyclic) bond motifs is 1. The third-order valence-corrected chi connectivity index (χ3v) is 6.65. The van der Waals surface area contributed by atoms with Crippen LogP contribution in [-0.4, -0.2) is 57.6 Å². The molecule has 0 saturated heterocycles. The van der Waals surface area contributed by atoms with Crippen molar-refractivity contribution in [3.05, 3.63) is 143 Å². The average Bonchev–Trinajstić information content (AvgIpc) is 3.37. The third kappa shape index (κ3) is 9.31. The van der Waals surface area contributed by atoms with Crippen LogP contribution in [0.3, 0.4) is 0 Å². The van der Waals surface area contributed by atoms with E-state index in [4.69, 9.17) is 10.8 Å². The van der Waals surface area contributed by atoms with E-state index in [1.54, 1.807) is 36.4 Å². The summed E-state index contributed by atoms with van der Waals surface area (Å²) in [6.45, 7) is 0.360. The largest absolute Gasteiger partial charge is 0.480 e. The first kappa shape index (κ1) is 32.1. The Labute approximate surface area is 249 Å². The summed E-state index contributed by atoms with van der Waals surface area (Å²) in [6, 6.07) is 31.0. The molecule has 0 unspecified atom stereocenters. The maximum atomic E-state index is 12.4. The lowest BCUT2D eigenvalue weighted by Gasteiger charge is -2.24. The van der Waals surface area contributed by atoms with Gasteiger partial charge >= 0.3 is 11.9 Å². The van der Waals surface area contributed by atoms with Gasteiger partial charge in [-0.2, -0.15) is 0 Å². The third-order valence-electron chi connectivity index (χ3n) is 6.65. The molecule has 2 atom stereocenters. The molecule has 4 N–H and O–H groups in total. The van der Waals surface area contributed by atoms with Gasteiger partial charge in [0.2, 0.25) is 0 Å². The maximum Gasteiger partial charge on any atom is 0.326 e. The number of rotatable bonds is 9. The molecule has 4 aromatic carbocycles. The summed E-state index contributed by atoms with van der Waals surface area (Å²) in [4.78, 5) is 56.3. The van der Waals surface area contributed by atoms with Crippen molar-refractivity contribution in [2.24, 2.45) is 5.73 Å². The van der Waals surface area contributed by atoms with Crippen molar-refractivity contribution < 1.29 is 34.2 Å². The molecule has 0 aliphatic carbocycles. The summed E-state index contributed by atoms with van der Waals surface area (Å²) in [5.74, 6) is -2.13. The number of aldehydes is 2. The Balaban J connectivity index is 0.000000195. The van der Waals surface area contributed by atoms with Crippen LogP contribution in [-0.2, 0) is 29.0 Å². The Kier molecular flexibility index (Phi) is 12.1. The van der Waals surface area contributed by atoms with E-state index in [2.05, 4.69) is 0 Å². The molecular weight excluding hydrogens is 548 g/mol. The van der Waals surface area contributed by atoms with E-state index in [1.165, 1.54) is 4.90 Å². The molecule has 9 nitrogen and oxygen atoms in total. The number of carbonyl (C=O) groups excluding carboxylic acids is 3. The highest BCUT2D eigenvalue weighted by molar-refractivity contribution is 6.00. The smallest absolute Gasteiger partial charge is 0.326 e. The fraction of sp³-hybridized carbons (Fsp3) is 0.147. The molecule has 0 aromatic heterocycles. The van der Waals surface area contributed by atoms with Crippen LogP contribution in [0, 0.1) is 0 Å². The number of nitrogens with two attached hydrogens (primary N) is 1. The zero-order chi connectivity index (χ0) is 31.2. The topological polar surface area (TPSA) is 155 Å². The minimum atomic E-state index is -0.972. The van der Waals surface area contributed by atoms with E-state index in [1.807, 2.05) is 72.8 Å². The monoisotopic (exact) mass is 580 g/mol. The molecule has 0 bridgehead atoms. The van der Waals surface area contributed by atoms with Gasteiger partial charge in [0.15, 0.2) is 12.6 Å². The van der Waals surface area contributed by atoms with Gasteiger partial charge in [0, 0.05) is 29.7 Å². The van der Waals surface area contributed by atoms with Gasteiger partial charge in [0.1, 0.15) is 12.1 Å². The second-order valence-corrected chi connectivity index (χ2v) is 9.63. The van der Waals surface area contributed by atoms with Gasteiger partial charge in [-0.1, -0.05) is 103 Å². The minimum Gasteiger partial charge on any atom is -0.480 e.